The number of methoxy groups -OCH3 is 2. The predicted octanol–water partition coefficient (Wildman–Crippen LogP) is 0.886. The average Bonchev–Trinajstić information content (AvgIpc) is 2.41. The maximum absolute atomic E-state index is 12.9. The molecule has 1 saturated heterocycles. The summed E-state index contributed by atoms with van der Waals surface area (Å²) >= 11 is 0. The van der Waals surface area contributed by atoms with Gasteiger partial charge >= 0.3 is 0 Å². The Balaban J connectivity index is 2.84. The van der Waals surface area contributed by atoms with Crippen LogP contribution in [0.25, 0.3) is 0 Å². The van der Waals surface area contributed by atoms with Gasteiger partial charge in [-0.15, -0.1) is 0 Å². The topological polar surface area (TPSA) is 50.8 Å². The summed E-state index contributed by atoms with van der Waals surface area (Å²) in [5, 5.41) is 3.31. The van der Waals surface area contributed by atoms with E-state index in [1.807, 2.05) is 18.7 Å². The minimum absolute atomic E-state index is 0.103. The van der Waals surface area contributed by atoms with Crippen molar-refractivity contribution in [3.63, 3.8) is 0 Å². The van der Waals surface area contributed by atoms with Crippen LogP contribution in [-0.2, 0) is 14.3 Å². The molecule has 5 nitrogen and oxygen atoms in total. The van der Waals surface area contributed by atoms with E-state index in [1.54, 1.807) is 14.2 Å². The molecule has 0 saturated carbocycles. The number of hydrogen-bond donors (Lipinski definition) is 1. The highest BCUT2D eigenvalue weighted by Crippen LogP contribution is 2.32. The molecular formula is C14H28N2O3. The molecule has 0 bridgehead atoms. The summed E-state index contributed by atoms with van der Waals surface area (Å²) in [4.78, 5) is 14.8. The minimum Gasteiger partial charge on any atom is -0.384 e. The molecule has 1 fully saturated rings. The number of piperidine rings is 1. The van der Waals surface area contributed by atoms with Gasteiger partial charge in [0.05, 0.1) is 24.7 Å². The first kappa shape index (κ1) is 16.4. The van der Waals surface area contributed by atoms with Gasteiger partial charge in [-0.3, -0.25) is 4.79 Å². The fourth-order valence-electron chi connectivity index (χ4n) is 2.89. The number of nitrogens with zero attached hydrogens (tertiary/aromatic N) is 1. The van der Waals surface area contributed by atoms with Crippen LogP contribution in [0, 0.1) is 5.41 Å². The monoisotopic (exact) mass is 272 g/mol. The third kappa shape index (κ3) is 3.91. The van der Waals surface area contributed by atoms with E-state index in [1.165, 1.54) is 0 Å². The van der Waals surface area contributed by atoms with Crippen LogP contribution in [0.3, 0.4) is 0 Å². The molecule has 19 heavy (non-hydrogen) atoms. The lowest BCUT2D eigenvalue weighted by Gasteiger charge is -2.41. The molecule has 5 heteroatoms. The second kappa shape index (κ2) is 7.82. The van der Waals surface area contributed by atoms with Crippen molar-refractivity contribution < 1.29 is 14.3 Å². The molecule has 1 aliphatic rings. The largest absolute Gasteiger partial charge is 0.384 e. The molecule has 1 heterocycles. The van der Waals surface area contributed by atoms with E-state index in [0.29, 0.717) is 19.8 Å². The normalized spacial score (nSPS) is 20.0. The molecule has 0 aromatic carbocycles. The van der Waals surface area contributed by atoms with E-state index in [0.717, 1.165) is 25.9 Å². The van der Waals surface area contributed by atoms with Gasteiger partial charge in [0.15, 0.2) is 0 Å². The molecule has 0 radical (unpaired) electrons. The Bertz CT molecular complexity index is 272. The van der Waals surface area contributed by atoms with E-state index < -0.39 is 0 Å². The third-order valence-corrected chi connectivity index (χ3v) is 3.98. The van der Waals surface area contributed by atoms with Gasteiger partial charge in [0.2, 0.25) is 5.91 Å². The van der Waals surface area contributed by atoms with Gasteiger partial charge in [0, 0.05) is 20.8 Å². The fraction of sp³-hybridized carbons (Fsp3) is 0.929. The number of carbonyl (C=O) groups is 1. The molecule has 1 atom stereocenters. The van der Waals surface area contributed by atoms with Crippen molar-refractivity contribution in [3.05, 3.63) is 0 Å². The van der Waals surface area contributed by atoms with E-state index in [-0.39, 0.29) is 17.4 Å². The van der Waals surface area contributed by atoms with E-state index in [9.17, 15) is 4.79 Å². The van der Waals surface area contributed by atoms with E-state index >= 15 is 0 Å². The quantitative estimate of drug-likeness (QED) is 0.748. The Hall–Kier alpha value is -0.650. The standard InChI is InChI=1S/C14H28N2O3/c1-5-16(12(2)10-18-3)13(17)14(11-19-4)6-8-15-9-7-14/h12,15H,5-11H2,1-4H3. The minimum atomic E-state index is -0.363. The van der Waals surface area contributed by atoms with Crippen LogP contribution in [0.5, 0.6) is 0 Å². The third-order valence-electron chi connectivity index (χ3n) is 3.98. The molecular weight excluding hydrogens is 244 g/mol. The number of rotatable bonds is 7. The van der Waals surface area contributed by atoms with Crippen molar-refractivity contribution >= 4 is 5.91 Å². The van der Waals surface area contributed by atoms with Gasteiger partial charge in [0.25, 0.3) is 0 Å². The summed E-state index contributed by atoms with van der Waals surface area (Å²) in [6.45, 7) is 7.60. The number of amides is 1. The van der Waals surface area contributed by atoms with Crippen molar-refractivity contribution in [2.24, 2.45) is 5.41 Å². The maximum atomic E-state index is 12.9. The van der Waals surface area contributed by atoms with Crippen LogP contribution >= 0.6 is 0 Å². The Kier molecular flexibility index (Phi) is 6.75. The van der Waals surface area contributed by atoms with Gasteiger partial charge in [-0.25, -0.2) is 0 Å². The number of hydrogen-bond acceptors (Lipinski definition) is 4. The fourth-order valence-corrected chi connectivity index (χ4v) is 2.89. The van der Waals surface area contributed by atoms with Crippen LogP contribution in [0.1, 0.15) is 26.7 Å². The summed E-state index contributed by atoms with van der Waals surface area (Å²) in [6.07, 6.45) is 1.69. The second-order valence-corrected chi connectivity index (χ2v) is 5.36. The van der Waals surface area contributed by atoms with Gasteiger partial charge in [-0.2, -0.15) is 0 Å². The van der Waals surface area contributed by atoms with Gasteiger partial charge < -0.3 is 19.7 Å². The maximum Gasteiger partial charge on any atom is 0.231 e. The molecule has 1 aliphatic heterocycles. The lowest BCUT2D eigenvalue weighted by atomic mass is 9.78. The van der Waals surface area contributed by atoms with Crippen molar-refractivity contribution in [2.45, 2.75) is 32.7 Å². The summed E-state index contributed by atoms with van der Waals surface area (Å²) in [5.74, 6) is 0.211. The van der Waals surface area contributed by atoms with Crippen LogP contribution < -0.4 is 5.32 Å². The summed E-state index contributed by atoms with van der Waals surface area (Å²) in [7, 11) is 3.34. The molecule has 112 valence electrons. The van der Waals surface area contributed by atoms with Crippen LogP contribution in [0.4, 0.5) is 0 Å². The second-order valence-electron chi connectivity index (χ2n) is 5.36. The van der Waals surface area contributed by atoms with Gasteiger partial charge in [-0.05, 0) is 39.8 Å². The molecule has 0 aromatic rings. The lowest BCUT2D eigenvalue weighted by molar-refractivity contribution is -0.150. The molecule has 0 aromatic heterocycles. The molecule has 0 spiro atoms. The lowest BCUT2D eigenvalue weighted by Crippen LogP contribution is -2.54. The molecule has 1 N–H and O–H groups in total. The van der Waals surface area contributed by atoms with Crippen molar-refractivity contribution in [3.8, 4) is 0 Å². The molecule has 1 amide bonds. The van der Waals surface area contributed by atoms with Crippen LogP contribution in [0.2, 0.25) is 0 Å². The van der Waals surface area contributed by atoms with Crippen molar-refractivity contribution in [1.82, 2.24) is 10.2 Å². The highest BCUT2D eigenvalue weighted by molar-refractivity contribution is 5.83. The Morgan fingerprint density at radius 2 is 1.95 bits per heavy atom. The number of likely N-dealkylation sites (N-methyl/N-ethyl adjacent to an activating group) is 1. The zero-order valence-electron chi connectivity index (χ0n) is 12.7. The number of carbonyl (C=O) groups excluding carboxylic acids is 1. The van der Waals surface area contributed by atoms with Crippen LogP contribution in [0.15, 0.2) is 0 Å². The highest BCUT2D eigenvalue weighted by Gasteiger charge is 2.42. The van der Waals surface area contributed by atoms with Gasteiger partial charge in [-0.1, -0.05) is 0 Å². The molecule has 0 aliphatic carbocycles. The smallest absolute Gasteiger partial charge is 0.231 e. The van der Waals surface area contributed by atoms with E-state index in [2.05, 4.69) is 5.32 Å². The predicted molar refractivity (Wildman–Crippen MR) is 75.1 cm³/mol. The van der Waals surface area contributed by atoms with E-state index in [4.69, 9.17) is 9.47 Å². The summed E-state index contributed by atoms with van der Waals surface area (Å²) in [6, 6.07) is 0.103. The van der Waals surface area contributed by atoms with Crippen molar-refractivity contribution in [1.29, 1.82) is 0 Å². The summed E-state index contributed by atoms with van der Waals surface area (Å²) < 4.78 is 10.5. The number of nitrogens with one attached hydrogen (secondary N) is 1. The van der Waals surface area contributed by atoms with Gasteiger partial charge in [0.1, 0.15) is 0 Å². The zero-order valence-corrected chi connectivity index (χ0v) is 12.7. The first-order valence-electron chi connectivity index (χ1n) is 7.11. The Morgan fingerprint density at radius 3 is 2.42 bits per heavy atom. The Morgan fingerprint density at radius 1 is 1.32 bits per heavy atom. The Labute approximate surface area is 116 Å². The number of ether oxygens (including phenoxy) is 2. The SMILES string of the molecule is CCN(C(=O)C1(COC)CCNCC1)C(C)COC. The first-order valence-corrected chi connectivity index (χ1v) is 7.11. The highest BCUT2D eigenvalue weighted by atomic mass is 16.5. The first-order chi connectivity index (χ1) is 9.11. The van der Waals surface area contributed by atoms with Crippen LogP contribution in [-0.4, -0.2) is 63.9 Å². The summed E-state index contributed by atoms with van der Waals surface area (Å²) in [5.41, 5.74) is -0.363. The molecule has 1 unspecified atom stereocenters. The molecule has 1 rings (SSSR count). The zero-order chi connectivity index (χ0) is 14.3. The average molecular weight is 272 g/mol. The van der Waals surface area contributed by atoms with Crippen molar-refractivity contribution in [2.75, 3.05) is 47.1 Å².